The van der Waals surface area contributed by atoms with Crippen molar-refractivity contribution >= 4 is 17.9 Å². The monoisotopic (exact) mass is 345 g/mol. The van der Waals surface area contributed by atoms with Gasteiger partial charge in [-0.1, -0.05) is 25.8 Å². The average Bonchev–Trinajstić information content (AvgIpc) is 3.25. The zero-order chi connectivity index (χ0) is 18.0. The zero-order valence-corrected chi connectivity index (χ0v) is 14.9. The van der Waals surface area contributed by atoms with E-state index >= 15 is 0 Å². The Morgan fingerprint density at radius 3 is 2.44 bits per heavy atom. The minimum absolute atomic E-state index is 0.320. The van der Waals surface area contributed by atoms with E-state index < -0.39 is 6.03 Å². The molecule has 3 aliphatic rings. The molecule has 2 heterocycles. The minimum atomic E-state index is -0.413. The van der Waals surface area contributed by atoms with Crippen molar-refractivity contribution in [3.05, 3.63) is 24.2 Å². The number of hydrogen-bond acceptors (Lipinski definition) is 4. The topological polar surface area (TPSA) is 82.2 Å². The standard InChI is InChI=1S/C18H27N5O2/c1-13(14-8-4-3-5-9-14)20-16-15(12-19)23(17(24)21(16)2)18(25)22-10-6-7-11-22/h12,14H,1,3-11,19H2,2H3/b15-12+,20-16+. The van der Waals surface area contributed by atoms with E-state index in [0.29, 0.717) is 30.5 Å². The Bertz CT molecular complexity index is 627. The molecule has 136 valence electrons. The maximum absolute atomic E-state index is 12.7. The second-order valence-corrected chi connectivity index (χ2v) is 6.97. The molecule has 0 aromatic carbocycles. The Morgan fingerprint density at radius 2 is 1.84 bits per heavy atom. The second kappa shape index (κ2) is 7.29. The Hall–Kier alpha value is -2.31. The van der Waals surface area contributed by atoms with Crippen LogP contribution in [0.3, 0.4) is 0 Å². The number of allylic oxidation sites excluding steroid dienone is 1. The van der Waals surface area contributed by atoms with E-state index in [-0.39, 0.29) is 6.03 Å². The normalized spacial score (nSPS) is 25.5. The SMILES string of the molecule is C=C(/N=C1\C(=C/N)N(C(=O)N2CCCC2)C(=O)N1C)C1CCCCC1. The van der Waals surface area contributed by atoms with Gasteiger partial charge in [0.2, 0.25) is 0 Å². The molecule has 7 heteroatoms. The largest absolute Gasteiger partial charge is 0.403 e. The van der Waals surface area contributed by atoms with Crippen molar-refractivity contribution < 1.29 is 9.59 Å². The van der Waals surface area contributed by atoms with Crippen LogP contribution in [0.1, 0.15) is 44.9 Å². The van der Waals surface area contributed by atoms with Crippen LogP contribution in [0.5, 0.6) is 0 Å². The number of imide groups is 1. The summed E-state index contributed by atoms with van der Waals surface area (Å²) in [6.45, 7) is 5.45. The number of rotatable bonds is 2. The Kier molecular flexibility index (Phi) is 5.11. The van der Waals surface area contributed by atoms with Crippen molar-refractivity contribution in [2.24, 2.45) is 16.6 Å². The van der Waals surface area contributed by atoms with Gasteiger partial charge in [0.05, 0.1) is 0 Å². The molecule has 0 spiro atoms. The second-order valence-electron chi connectivity index (χ2n) is 6.97. The smallest absolute Gasteiger partial charge is 0.338 e. The van der Waals surface area contributed by atoms with E-state index in [0.717, 1.165) is 36.3 Å². The van der Waals surface area contributed by atoms with E-state index in [9.17, 15) is 9.59 Å². The number of amidine groups is 1. The van der Waals surface area contributed by atoms with Crippen LogP contribution in [0.15, 0.2) is 29.2 Å². The summed E-state index contributed by atoms with van der Waals surface area (Å²) < 4.78 is 0. The summed E-state index contributed by atoms with van der Waals surface area (Å²) in [5, 5.41) is 0. The predicted octanol–water partition coefficient (Wildman–Crippen LogP) is 2.86. The van der Waals surface area contributed by atoms with Gasteiger partial charge in [0.1, 0.15) is 5.70 Å². The van der Waals surface area contributed by atoms with Gasteiger partial charge in [-0.15, -0.1) is 0 Å². The first-order valence-corrected chi connectivity index (χ1v) is 9.11. The molecule has 1 aliphatic carbocycles. The molecular weight excluding hydrogens is 318 g/mol. The summed E-state index contributed by atoms with van der Waals surface area (Å²) in [6.07, 6.45) is 8.99. The van der Waals surface area contributed by atoms with Crippen molar-refractivity contribution in [1.29, 1.82) is 0 Å². The molecule has 0 radical (unpaired) electrons. The lowest BCUT2D eigenvalue weighted by atomic mass is 9.87. The first kappa shape index (κ1) is 17.5. The Morgan fingerprint density at radius 1 is 1.20 bits per heavy atom. The molecule has 3 rings (SSSR count). The average molecular weight is 345 g/mol. The highest BCUT2D eigenvalue weighted by molar-refractivity contribution is 6.20. The van der Waals surface area contributed by atoms with Gasteiger partial charge in [0.15, 0.2) is 5.84 Å². The lowest BCUT2D eigenvalue weighted by Gasteiger charge is -2.22. The molecule has 3 fully saturated rings. The number of nitrogens with two attached hydrogens (primary N) is 1. The van der Waals surface area contributed by atoms with E-state index in [1.54, 1.807) is 11.9 Å². The fourth-order valence-electron chi connectivity index (χ4n) is 3.79. The lowest BCUT2D eigenvalue weighted by molar-refractivity contribution is 0.172. The lowest BCUT2D eigenvalue weighted by Crippen LogP contribution is -2.43. The molecule has 0 unspecified atom stereocenters. The molecule has 0 atom stereocenters. The van der Waals surface area contributed by atoms with Crippen LogP contribution in [-0.2, 0) is 0 Å². The zero-order valence-electron chi connectivity index (χ0n) is 14.9. The number of carbonyl (C=O) groups is 2. The fraction of sp³-hybridized carbons (Fsp3) is 0.611. The maximum atomic E-state index is 12.7. The first-order chi connectivity index (χ1) is 12.0. The summed E-state index contributed by atoms with van der Waals surface area (Å²) in [7, 11) is 1.62. The number of urea groups is 2. The van der Waals surface area contributed by atoms with Crippen LogP contribution >= 0.6 is 0 Å². The molecule has 2 N–H and O–H groups in total. The predicted molar refractivity (Wildman–Crippen MR) is 96.6 cm³/mol. The third kappa shape index (κ3) is 3.27. The summed E-state index contributed by atoms with van der Waals surface area (Å²) in [5.74, 6) is 0.753. The van der Waals surface area contributed by atoms with Crippen LogP contribution in [0, 0.1) is 5.92 Å². The molecule has 0 aromatic rings. The molecule has 0 aromatic heterocycles. The molecule has 25 heavy (non-hydrogen) atoms. The third-order valence-electron chi connectivity index (χ3n) is 5.32. The number of likely N-dealkylation sites (N-methyl/N-ethyl adjacent to an activating group) is 1. The Labute approximate surface area is 148 Å². The van der Waals surface area contributed by atoms with Crippen molar-refractivity contribution in [2.45, 2.75) is 44.9 Å². The third-order valence-corrected chi connectivity index (χ3v) is 5.32. The van der Waals surface area contributed by atoms with Gasteiger partial charge in [0, 0.05) is 38.0 Å². The fourth-order valence-corrected chi connectivity index (χ4v) is 3.79. The van der Waals surface area contributed by atoms with Gasteiger partial charge in [-0.25, -0.2) is 19.5 Å². The number of amides is 4. The van der Waals surface area contributed by atoms with Gasteiger partial charge in [0.25, 0.3) is 0 Å². The van der Waals surface area contributed by atoms with E-state index in [1.807, 2.05) is 0 Å². The molecular formula is C18H27N5O2. The van der Waals surface area contributed by atoms with Crippen molar-refractivity contribution in [1.82, 2.24) is 14.7 Å². The van der Waals surface area contributed by atoms with Crippen LogP contribution < -0.4 is 5.73 Å². The Balaban J connectivity index is 1.84. The maximum Gasteiger partial charge on any atom is 0.338 e. The van der Waals surface area contributed by atoms with Crippen LogP contribution in [0.4, 0.5) is 9.59 Å². The van der Waals surface area contributed by atoms with Gasteiger partial charge in [-0.05, 0) is 25.7 Å². The van der Waals surface area contributed by atoms with Crippen molar-refractivity contribution in [2.75, 3.05) is 20.1 Å². The van der Waals surface area contributed by atoms with Gasteiger partial charge in [-0.3, -0.25) is 4.90 Å². The summed E-state index contributed by atoms with van der Waals surface area (Å²) in [6, 6.07) is -0.733. The number of hydrogen-bond donors (Lipinski definition) is 1. The van der Waals surface area contributed by atoms with Crippen LogP contribution in [-0.4, -0.2) is 52.7 Å². The highest BCUT2D eigenvalue weighted by Crippen LogP contribution is 2.31. The highest BCUT2D eigenvalue weighted by atomic mass is 16.2. The number of carbonyl (C=O) groups excluding carboxylic acids is 2. The molecule has 2 saturated heterocycles. The quantitative estimate of drug-likeness (QED) is 0.835. The van der Waals surface area contributed by atoms with Crippen molar-refractivity contribution in [3.8, 4) is 0 Å². The number of likely N-dealkylation sites (tertiary alicyclic amines) is 1. The van der Waals surface area contributed by atoms with Crippen LogP contribution in [0.25, 0.3) is 0 Å². The number of nitrogens with zero attached hydrogens (tertiary/aromatic N) is 4. The van der Waals surface area contributed by atoms with Crippen molar-refractivity contribution in [3.63, 3.8) is 0 Å². The van der Waals surface area contributed by atoms with E-state index in [4.69, 9.17) is 5.73 Å². The summed E-state index contributed by atoms with van der Waals surface area (Å²) in [5.41, 5.74) is 6.88. The molecule has 7 nitrogen and oxygen atoms in total. The van der Waals surface area contributed by atoms with E-state index in [2.05, 4.69) is 11.6 Å². The first-order valence-electron chi connectivity index (χ1n) is 9.11. The van der Waals surface area contributed by atoms with Gasteiger partial charge >= 0.3 is 12.1 Å². The van der Waals surface area contributed by atoms with Crippen LogP contribution in [0.2, 0.25) is 0 Å². The number of aliphatic imine (C=N–C) groups is 1. The minimum Gasteiger partial charge on any atom is -0.403 e. The highest BCUT2D eigenvalue weighted by Gasteiger charge is 2.43. The molecule has 2 aliphatic heterocycles. The molecule has 1 saturated carbocycles. The van der Waals surface area contributed by atoms with Gasteiger partial charge in [-0.2, -0.15) is 0 Å². The molecule has 0 bridgehead atoms. The van der Waals surface area contributed by atoms with Gasteiger partial charge < -0.3 is 10.6 Å². The molecule has 4 amide bonds. The summed E-state index contributed by atoms with van der Waals surface area (Å²) >= 11 is 0. The van der Waals surface area contributed by atoms with E-state index in [1.165, 1.54) is 30.4 Å². The summed E-state index contributed by atoms with van der Waals surface area (Å²) in [4.78, 5) is 34.2.